The van der Waals surface area contributed by atoms with Crippen LogP contribution in [0.3, 0.4) is 0 Å². The minimum atomic E-state index is -0.747. The van der Waals surface area contributed by atoms with Gasteiger partial charge in [0.2, 0.25) is 0 Å². The maximum absolute atomic E-state index is 13.6. The number of rotatable bonds is 3. The molecule has 3 nitrogen and oxygen atoms in total. The van der Waals surface area contributed by atoms with Crippen LogP contribution < -0.4 is 10.1 Å². The maximum Gasteiger partial charge on any atom is 0.252 e. The van der Waals surface area contributed by atoms with Gasteiger partial charge in [-0.05, 0) is 31.1 Å². The molecule has 0 aromatic carbocycles. The van der Waals surface area contributed by atoms with Crippen molar-refractivity contribution < 1.29 is 13.5 Å². The summed E-state index contributed by atoms with van der Waals surface area (Å²) in [5, 5.41) is 2.58. The number of hydrogen-bond donors (Lipinski definition) is 1. The zero-order valence-corrected chi connectivity index (χ0v) is 11.5. The summed E-state index contributed by atoms with van der Waals surface area (Å²) in [5.41, 5.74) is 0. The zero-order chi connectivity index (χ0) is 14.0. The Bertz CT molecular complexity index is 453. The van der Waals surface area contributed by atoms with Crippen molar-refractivity contribution in [3.05, 3.63) is 17.7 Å². The lowest BCUT2D eigenvalue weighted by Crippen LogP contribution is -2.29. The molecule has 19 heavy (non-hydrogen) atoms. The van der Waals surface area contributed by atoms with E-state index in [0.717, 1.165) is 25.3 Å². The third-order valence-corrected chi connectivity index (χ3v) is 3.96. The van der Waals surface area contributed by atoms with Gasteiger partial charge in [0.25, 0.3) is 5.88 Å². The molecule has 0 spiro atoms. The second-order valence-corrected chi connectivity index (χ2v) is 5.36. The van der Waals surface area contributed by atoms with Crippen LogP contribution in [0.5, 0.6) is 5.88 Å². The highest BCUT2D eigenvalue weighted by molar-refractivity contribution is 5.39. The van der Waals surface area contributed by atoms with Crippen molar-refractivity contribution in [2.45, 2.75) is 39.2 Å². The van der Waals surface area contributed by atoms with Gasteiger partial charge in [-0.25, -0.2) is 8.78 Å². The summed E-state index contributed by atoms with van der Waals surface area (Å²) in [4.78, 5) is 3.85. The molecular weight excluding hydrogens is 250 g/mol. The highest BCUT2D eigenvalue weighted by atomic mass is 19.1. The molecule has 3 atom stereocenters. The molecular formula is C14H20F2N2O. The molecule has 1 aliphatic rings. The van der Waals surface area contributed by atoms with Crippen LogP contribution in [0.25, 0.3) is 0 Å². The molecule has 1 heterocycles. The summed E-state index contributed by atoms with van der Waals surface area (Å²) in [6, 6.07) is 0.809. The van der Waals surface area contributed by atoms with Crippen LogP contribution in [-0.4, -0.2) is 18.1 Å². The number of ether oxygens (including phenoxy) is 1. The molecule has 2 rings (SSSR count). The van der Waals surface area contributed by atoms with Crippen molar-refractivity contribution in [3.63, 3.8) is 0 Å². The van der Waals surface area contributed by atoms with Crippen LogP contribution >= 0.6 is 0 Å². The van der Waals surface area contributed by atoms with E-state index < -0.39 is 11.6 Å². The Morgan fingerprint density at radius 3 is 2.58 bits per heavy atom. The first-order valence-corrected chi connectivity index (χ1v) is 6.71. The Morgan fingerprint density at radius 2 is 1.95 bits per heavy atom. The van der Waals surface area contributed by atoms with Crippen molar-refractivity contribution >= 4 is 5.82 Å². The number of pyridine rings is 1. The van der Waals surface area contributed by atoms with E-state index in [9.17, 15) is 8.78 Å². The van der Waals surface area contributed by atoms with Crippen LogP contribution in [0.15, 0.2) is 6.07 Å². The summed E-state index contributed by atoms with van der Waals surface area (Å²) in [7, 11) is 1.54. The van der Waals surface area contributed by atoms with Crippen molar-refractivity contribution in [2.24, 2.45) is 11.8 Å². The third-order valence-electron chi connectivity index (χ3n) is 3.96. The lowest BCUT2D eigenvalue weighted by atomic mass is 9.80. The lowest BCUT2D eigenvalue weighted by molar-refractivity contribution is 0.0922. The molecule has 0 radical (unpaired) electrons. The molecule has 0 amide bonds. The number of anilines is 1. The summed E-state index contributed by atoms with van der Waals surface area (Å²) in [6.07, 6.45) is 2.80. The standard InChI is InChI=1S/C14H20F2N2O/c1-8-4-5-10(6-9(8)2)19-14-12(16)7-11(15)13(17-3)18-14/h7-10H,4-6H2,1-3H3,(H,17,18). The van der Waals surface area contributed by atoms with E-state index in [0.29, 0.717) is 11.8 Å². The van der Waals surface area contributed by atoms with Crippen LogP contribution in [0.2, 0.25) is 0 Å². The largest absolute Gasteiger partial charge is 0.472 e. The predicted octanol–water partition coefficient (Wildman–Crippen LogP) is 3.61. The van der Waals surface area contributed by atoms with Crippen molar-refractivity contribution in [3.8, 4) is 5.88 Å². The number of halogens is 2. The van der Waals surface area contributed by atoms with E-state index in [1.54, 1.807) is 0 Å². The molecule has 1 saturated carbocycles. The Labute approximate surface area is 112 Å². The summed E-state index contributed by atoms with van der Waals surface area (Å²) >= 11 is 0. The zero-order valence-electron chi connectivity index (χ0n) is 11.5. The van der Waals surface area contributed by atoms with E-state index in [1.165, 1.54) is 7.05 Å². The minimum Gasteiger partial charge on any atom is -0.472 e. The van der Waals surface area contributed by atoms with Crippen LogP contribution in [-0.2, 0) is 0 Å². The SMILES string of the molecule is CNc1nc(OC2CCC(C)C(C)C2)c(F)cc1F. The first-order valence-electron chi connectivity index (χ1n) is 6.71. The van der Waals surface area contributed by atoms with Gasteiger partial charge in [0, 0.05) is 13.1 Å². The number of nitrogens with one attached hydrogen (secondary N) is 1. The fourth-order valence-electron chi connectivity index (χ4n) is 2.47. The Hall–Kier alpha value is -1.39. The molecule has 1 aromatic heterocycles. The van der Waals surface area contributed by atoms with E-state index in [-0.39, 0.29) is 17.8 Å². The van der Waals surface area contributed by atoms with Crippen molar-refractivity contribution in [2.75, 3.05) is 12.4 Å². The molecule has 106 valence electrons. The lowest BCUT2D eigenvalue weighted by Gasteiger charge is -2.32. The van der Waals surface area contributed by atoms with Gasteiger partial charge in [0.1, 0.15) is 6.10 Å². The molecule has 0 bridgehead atoms. The molecule has 5 heteroatoms. The van der Waals surface area contributed by atoms with E-state index in [1.807, 2.05) is 0 Å². The summed E-state index contributed by atoms with van der Waals surface area (Å²) < 4.78 is 32.6. The van der Waals surface area contributed by atoms with E-state index in [2.05, 4.69) is 24.1 Å². The van der Waals surface area contributed by atoms with Crippen LogP contribution in [0, 0.1) is 23.5 Å². The molecule has 0 saturated heterocycles. The molecule has 1 aromatic rings. The Kier molecular flexibility index (Phi) is 4.22. The minimum absolute atomic E-state index is 0.00799. The number of hydrogen-bond acceptors (Lipinski definition) is 3. The second-order valence-electron chi connectivity index (χ2n) is 5.36. The van der Waals surface area contributed by atoms with Gasteiger partial charge < -0.3 is 10.1 Å². The smallest absolute Gasteiger partial charge is 0.252 e. The Balaban J connectivity index is 2.11. The summed E-state index contributed by atoms with van der Waals surface area (Å²) in [5.74, 6) is -0.350. The predicted molar refractivity (Wildman–Crippen MR) is 70.3 cm³/mol. The molecule has 0 aliphatic heterocycles. The van der Waals surface area contributed by atoms with Crippen molar-refractivity contribution in [1.82, 2.24) is 4.98 Å². The van der Waals surface area contributed by atoms with Gasteiger partial charge >= 0.3 is 0 Å². The monoisotopic (exact) mass is 270 g/mol. The van der Waals surface area contributed by atoms with E-state index in [4.69, 9.17) is 4.74 Å². The average molecular weight is 270 g/mol. The number of nitrogens with zero attached hydrogens (tertiary/aromatic N) is 1. The highest BCUT2D eigenvalue weighted by Crippen LogP contribution is 2.32. The van der Waals surface area contributed by atoms with Gasteiger partial charge in [-0.2, -0.15) is 4.98 Å². The van der Waals surface area contributed by atoms with Crippen LogP contribution in [0.4, 0.5) is 14.6 Å². The third kappa shape index (κ3) is 3.14. The highest BCUT2D eigenvalue weighted by Gasteiger charge is 2.27. The number of aromatic nitrogens is 1. The van der Waals surface area contributed by atoms with Crippen LogP contribution in [0.1, 0.15) is 33.1 Å². The molecule has 1 fully saturated rings. The topological polar surface area (TPSA) is 34.2 Å². The van der Waals surface area contributed by atoms with E-state index >= 15 is 0 Å². The molecule has 1 N–H and O–H groups in total. The average Bonchev–Trinajstić information content (AvgIpc) is 2.37. The fourth-order valence-corrected chi connectivity index (χ4v) is 2.47. The summed E-state index contributed by atoms with van der Waals surface area (Å²) in [6.45, 7) is 4.39. The van der Waals surface area contributed by atoms with Gasteiger partial charge in [-0.15, -0.1) is 0 Å². The first kappa shape index (κ1) is 14.0. The normalized spacial score (nSPS) is 27.1. The Morgan fingerprint density at radius 1 is 1.21 bits per heavy atom. The quantitative estimate of drug-likeness (QED) is 0.911. The van der Waals surface area contributed by atoms with Gasteiger partial charge in [0.05, 0.1) is 0 Å². The fraction of sp³-hybridized carbons (Fsp3) is 0.643. The molecule has 3 unspecified atom stereocenters. The maximum atomic E-state index is 13.6. The van der Waals surface area contributed by atoms with Gasteiger partial charge in [-0.3, -0.25) is 0 Å². The van der Waals surface area contributed by atoms with Gasteiger partial charge in [-0.1, -0.05) is 13.8 Å². The second kappa shape index (κ2) is 5.72. The first-order chi connectivity index (χ1) is 9.01. The molecule has 1 aliphatic carbocycles. The van der Waals surface area contributed by atoms with Gasteiger partial charge in [0.15, 0.2) is 17.5 Å². The van der Waals surface area contributed by atoms with Crippen molar-refractivity contribution in [1.29, 1.82) is 0 Å².